The van der Waals surface area contributed by atoms with Gasteiger partial charge in [0.15, 0.2) is 0 Å². The molecule has 0 aliphatic rings. The van der Waals surface area contributed by atoms with E-state index in [1.54, 1.807) is 18.7 Å². The molecule has 0 aromatic heterocycles. The number of hydrogen-bond acceptors (Lipinski definition) is 3. The molecular formula is C12H18ClNOS. The van der Waals surface area contributed by atoms with Crippen LogP contribution in [0.25, 0.3) is 0 Å². The maximum Gasteiger partial charge on any atom is 0.0631 e. The van der Waals surface area contributed by atoms with Crippen LogP contribution < -0.4 is 5.32 Å². The van der Waals surface area contributed by atoms with E-state index in [1.807, 2.05) is 26.1 Å². The highest BCUT2D eigenvalue weighted by Crippen LogP contribution is 2.32. The highest BCUT2D eigenvalue weighted by Gasteiger charge is 2.12. The van der Waals surface area contributed by atoms with Gasteiger partial charge < -0.3 is 10.4 Å². The van der Waals surface area contributed by atoms with Crippen LogP contribution in [0.5, 0.6) is 0 Å². The van der Waals surface area contributed by atoms with Crippen molar-refractivity contribution in [1.82, 2.24) is 5.32 Å². The number of thioether (sulfide) groups is 1. The van der Waals surface area contributed by atoms with Crippen molar-refractivity contribution < 1.29 is 5.11 Å². The Balaban J connectivity index is 2.75. The van der Waals surface area contributed by atoms with Crippen LogP contribution >= 0.6 is 23.4 Å². The fraction of sp³-hybridized carbons (Fsp3) is 0.500. The smallest absolute Gasteiger partial charge is 0.0631 e. The van der Waals surface area contributed by atoms with Gasteiger partial charge in [-0.05, 0) is 31.7 Å². The number of aliphatic hydroxyl groups excluding tert-OH is 1. The predicted octanol–water partition coefficient (Wildman–Crippen LogP) is 2.92. The summed E-state index contributed by atoms with van der Waals surface area (Å²) in [7, 11) is 1.91. The fourth-order valence-corrected chi connectivity index (χ4v) is 2.51. The van der Waals surface area contributed by atoms with Gasteiger partial charge in [0.05, 0.1) is 11.1 Å². The van der Waals surface area contributed by atoms with E-state index in [2.05, 4.69) is 11.4 Å². The number of nitrogens with one attached hydrogen (secondary N) is 1. The second-order valence-corrected chi connectivity index (χ2v) is 5.68. The van der Waals surface area contributed by atoms with E-state index in [4.69, 9.17) is 11.6 Å². The van der Waals surface area contributed by atoms with E-state index in [1.165, 1.54) is 5.56 Å². The molecule has 0 radical (unpaired) electrons. The Morgan fingerprint density at radius 1 is 1.44 bits per heavy atom. The molecule has 2 nitrogen and oxygen atoms in total. The van der Waals surface area contributed by atoms with Gasteiger partial charge in [-0.2, -0.15) is 0 Å². The van der Waals surface area contributed by atoms with E-state index in [0.717, 1.165) is 16.5 Å². The van der Waals surface area contributed by atoms with Crippen LogP contribution in [0.15, 0.2) is 23.1 Å². The minimum absolute atomic E-state index is 0.146. The quantitative estimate of drug-likeness (QED) is 0.798. The zero-order valence-electron chi connectivity index (χ0n) is 9.83. The van der Waals surface area contributed by atoms with Gasteiger partial charge in [-0.3, -0.25) is 0 Å². The van der Waals surface area contributed by atoms with E-state index >= 15 is 0 Å². The van der Waals surface area contributed by atoms with Gasteiger partial charge in [-0.25, -0.2) is 0 Å². The maximum atomic E-state index is 9.44. The standard InChI is InChI=1S/C12H18ClNOS/c1-8(15)9(2)16-12-5-4-10(7-14-3)6-11(12)13/h4-6,8-9,14-15H,7H2,1-3H3. The first-order valence-corrected chi connectivity index (χ1v) is 6.58. The Morgan fingerprint density at radius 3 is 2.62 bits per heavy atom. The van der Waals surface area contributed by atoms with Gasteiger partial charge in [0.25, 0.3) is 0 Å². The van der Waals surface area contributed by atoms with Crippen molar-refractivity contribution in [2.75, 3.05) is 7.05 Å². The van der Waals surface area contributed by atoms with Gasteiger partial charge in [-0.1, -0.05) is 24.6 Å². The molecule has 0 amide bonds. The Bertz CT molecular complexity index is 344. The molecule has 2 N–H and O–H groups in total. The molecule has 2 atom stereocenters. The highest BCUT2D eigenvalue weighted by atomic mass is 35.5. The minimum atomic E-state index is -0.335. The third-order valence-electron chi connectivity index (χ3n) is 2.37. The largest absolute Gasteiger partial charge is 0.392 e. The van der Waals surface area contributed by atoms with E-state index in [0.29, 0.717) is 0 Å². The summed E-state index contributed by atoms with van der Waals surface area (Å²) in [6, 6.07) is 6.03. The van der Waals surface area contributed by atoms with Crippen LogP contribution in [-0.4, -0.2) is 23.5 Å². The van der Waals surface area contributed by atoms with Gasteiger partial charge in [0.1, 0.15) is 0 Å². The fourth-order valence-electron chi connectivity index (χ4n) is 1.25. The first-order valence-electron chi connectivity index (χ1n) is 5.32. The monoisotopic (exact) mass is 259 g/mol. The molecule has 0 heterocycles. The molecule has 16 heavy (non-hydrogen) atoms. The number of rotatable bonds is 5. The number of halogens is 1. The van der Waals surface area contributed by atoms with Crippen LogP contribution in [0.1, 0.15) is 19.4 Å². The lowest BCUT2D eigenvalue weighted by Crippen LogP contribution is -2.14. The summed E-state index contributed by atoms with van der Waals surface area (Å²) in [6.07, 6.45) is -0.335. The second kappa shape index (κ2) is 6.50. The molecule has 0 bridgehead atoms. The van der Waals surface area contributed by atoms with E-state index in [-0.39, 0.29) is 11.4 Å². The van der Waals surface area contributed by atoms with E-state index < -0.39 is 0 Å². The first-order chi connectivity index (χ1) is 7.54. The van der Waals surface area contributed by atoms with Crippen molar-refractivity contribution in [2.24, 2.45) is 0 Å². The lowest BCUT2D eigenvalue weighted by Gasteiger charge is -2.15. The van der Waals surface area contributed by atoms with Gasteiger partial charge in [0.2, 0.25) is 0 Å². The van der Waals surface area contributed by atoms with Gasteiger partial charge in [-0.15, -0.1) is 11.8 Å². The normalized spacial score (nSPS) is 14.8. The molecule has 1 aromatic carbocycles. The van der Waals surface area contributed by atoms with Gasteiger partial charge in [0, 0.05) is 16.7 Å². The summed E-state index contributed by atoms with van der Waals surface area (Å²) in [5.41, 5.74) is 1.17. The van der Waals surface area contributed by atoms with Crippen LogP contribution in [0.2, 0.25) is 5.02 Å². The van der Waals surface area contributed by atoms with Crippen LogP contribution in [-0.2, 0) is 6.54 Å². The molecule has 0 aliphatic heterocycles. The molecule has 4 heteroatoms. The third-order valence-corrected chi connectivity index (χ3v) is 4.17. The van der Waals surface area contributed by atoms with E-state index in [9.17, 15) is 5.11 Å². The number of aliphatic hydroxyl groups is 1. The summed E-state index contributed by atoms with van der Waals surface area (Å²) >= 11 is 7.79. The molecule has 1 aromatic rings. The molecule has 1 rings (SSSR count). The van der Waals surface area contributed by atoms with Crippen molar-refractivity contribution in [2.45, 2.75) is 36.6 Å². The molecule has 0 fully saturated rings. The van der Waals surface area contributed by atoms with Crippen molar-refractivity contribution in [3.63, 3.8) is 0 Å². The minimum Gasteiger partial charge on any atom is -0.392 e. The number of hydrogen-bond donors (Lipinski definition) is 2. The van der Waals surface area contributed by atoms with Crippen molar-refractivity contribution in [3.05, 3.63) is 28.8 Å². The Kier molecular flexibility index (Phi) is 5.62. The summed E-state index contributed by atoms with van der Waals surface area (Å²) in [6.45, 7) is 4.60. The topological polar surface area (TPSA) is 32.3 Å². The molecule has 0 saturated heterocycles. The molecular weight excluding hydrogens is 242 g/mol. The van der Waals surface area contributed by atoms with Crippen molar-refractivity contribution in [1.29, 1.82) is 0 Å². The Hall–Kier alpha value is -0.220. The highest BCUT2D eigenvalue weighted by molar-refractivity contribution is 8.00. The van der Waals surface area contributed by atoms with Crippen molar-refractivity contribution in [3.8, 4) is 0 Å². The van der Waals surface area contributed by atoms with Crippen molar-refractivity contribution >= 4 is 23.4 Å². The molecule has 90 valence electrons. The lowest BCUT2D eigenvalue weighted by molar-refractivity contribution is 0.196. The van der Waals surface area contributed by atoms with Gasteiger partial charge >= 0.3 is 0 Å². The van der Waals surface area contributed by atoms with Crippen LogP contribution in [0.3, 0.4) is 0 Å². The summed E-state index contributed by atoms with van der Waals surface area (Å²) in [4.78, 5) is 1.02. The number of benzene rings is 1. The lowest BCUT2D eigenvalue weighted by atomic mass is 10.2. The van der Waals surface area contributed by atoms with Crippen LogP contribution in [0, 0.1) is 0 Å². The predicted molar refractivity (Wildman–Crippen MR) is 71.2 cm³/mol. The Morgan fingerprint density at radius 2 is 2.12 bits per heavy atom. The average molecular weight is 260 g/mol. The molecule has 0 aliphatic carbocycles. The summed E-state index contributed by atoms with van der Waals surface area (Å²) in [5.74, 6) is 0. The average Bonchev–Trinajstić information content (AvgIpc) is 2.22. The van der Waals surface area contributed by atoms with Crippen LogP contribution in [0.4, 0.5) is 0 Å². The summed E-state index contributed by atoms with van der Waals surface area (Å²) in [5, 5.41) is 13.4. The second-order valence-electron chi connectivity index (χ2n) is 3.86. The molecule has 2 unspecified atom stereocenters. The Labute approximate surface area is 106 Å². The maximum absolute atomic E-state index is 9.44. The first kappa shape index (κ1) is 13.8. The molecule has 0 saturated carbocycles. The molecule has 0 spiro atoms. The summed E-state index contributed by atoms with van der Waals surface area (Å²) < 4.78 is 0. The SMILES string of the molecule is CNCc1ccc(SC(C)C(C)O)c(Cl)c1. The zero-order chi connectivity index (χ0) is 12.1. The third kappa shape index (κ3) is 3.98. The zero-order valence-corrected chi connectivity index (χ0v) is 11.4.